The fourth-order valence-electron chi connectivity index (χ4n) is 3.76. The van der Waals surface area contributed by atoms with Crippen LogP contribution >= 0.6 is 0 Å². The Morgan fingerprint density at radius 3 is 2.36 bits per heavy atom. The van der Waals surface area contributed by atoms with Crippen LogP contribution in [0.4, 0.5) is 0 Å². The van der Waals surface area contributed by atoms with Gasteiger partial charge in [-0.2, -0.15) is 4.31 Å². The molecule has 0 aromatic heterocycles. The number of benzene rings is 1. The Morgan fingerprint density at radius 2 is 1.80 bits per heavy atom. The lowest BCUT2D eigenvalue weighted by Gasteiger charge is -2.42. The molecular weight excluding hydrogens is 340 g/mol. The second kappa shape index (κ2) is 7.15. The molecule has 3 rings (SSSR count). The fraction of sp³-hybridized carbons (Fsp3) is 0.611. The summed E-state index contributed by atoms with van der Waals surface area (Å²) in [5.74, 6) is -0.0757. The van der Waals surface area contributed by atoms with Crippen molar-refractivity contribution >= 4 is 15.8 Å². The standard InChI is InChI=1S/C18H26N2O4S/c1-3-10-19-11-8-18(9-12-19)20(13-14-24-18)25(22,23)17-6-4-16(5-7-17)15(2)21/h4-7H,3,8-14H2,1-2H3. The van der Waals surface area contributed by atoms with Gasteiger partial charge in [0, 0.05) is 38.0 Å². The van der Waals surface area contributed by atoms with Crippen molar-refractivity contribution < 1.29 is 17.9 Å². The molecule has 2 fully saturated rings. The normalized spacial score (nSPS) is 21.7. The lowest BCUT2D eigenvalue weighted by atomic mass is 10.0. The van der Waals surface area contributed by atoms with Gasteiger partial charge in [0.1, 0.15) is 5.72 Å². The number of piperidine rings is 1. The summed E-state index contributed by atoms with van der Waals surface area (Å²) in [5, 5.41) is 0. The number of hydrogen-bond acceptors (Lipinski definition) is 5. The van der Waals surface area contributed by atoms with Gasteiger partial charge in [-0.1, -0.05) is 19.1 Å². The van der Waals surface area contributed by atoms with Crippen molar-refractivity contribution in [2.45, 2.75) is 43.7 Å². The van der Waals surface area contributed by atoms with Gasteiger partial charge in [0.15, 0.2) is 5.78 Å². The number of carbonyl (C=O) groups excluding carboxylic acids is 1. The molecule has 2 heterocycles. The van der Waals surface area contributed by atoms with Gasteiger partial charge in [-0.15, -0.1) is 0 Å². The average Bonchev–Trinajstić information content (AvgIpc) is 3.01. The van der Waals surface area contributed by atoms with E-state index in [0.717, 1.165) is 26.1 Å². The van der Waals surface area contributed by atoms with Crippen molar-refractivity contribution in [1.82, 2.24) is 9.21 Å². The topological polar surface area (TPSA) is 66.9 Å². The molecule has 1 spiro atoms. The second-order valence-corrected chi connectivity index (χ2v) is 8.66. The minimum Gasteiger partial charge on any atom is -0.358 e. The van der Waals surface area contributed by atoms with Crippen LogP contribution in [0.3, 0.4) is 0 Å². The molecule has 0 amide bonds. The maximum atomic E-state index is 13.1. The largest absolute Gasteiger partial charge is 0.358 e. The number of nitrogens with zero attached hydrogens (tertiary/aromatic N) is 2. The lowest BCUT2D eigenvalue weighted by Crippen LogP contribution is -2.54. The van der Waals surface area contributed by atoms with E-state index in [4.69, 9.17) is 4.74 Å². The molecule has 25 heavy (non-hydrogen) atoms. The molecule has 0 radical (unpaired) electrons. The first-order valence-corrected chi connectivity index (χ1v) is 10.3. The summed E-state index contributed by atoms with van der Waals surface area (Å²) in [4.78, 5) is 14.0. The molecule has 6 nitrogen and oxygen atoms in total. The number of rotatable bonds is 5. The Morgan fingerprint density at radius 1 is 1.16 bits per heavy atom. The third kappa shape index (κ3) is 3.51. The lowest BCUT2D eigenvalue weighted by molar-refractivity contribution is -0.0904. The predicted molar refractivity (Wildman–Crippen MR) is 95.0 cm³/mol. The van der Waals surface area contributed by atoms with Crippen LogP contribution in [0.1, 0.15) is 43.5 Å². The molecule has 2 aliphatic heterocycles. The highest BCUT2D eigenvalue weighted by Gasteiger charge is 2.50. The van der Waals surface area contributed by atoms with Gasteiger partial charge in [0.2, 0.25) is 10.0 Å². The minimum absolute atomic E-state index is 0.0757. The van der Waals surface area contributed by atoms with E-state index in [0.29, 0.717) is 31.6 Å². The maximum absolute atomic E-state index is 13.1. The molecule has 0 aliphatic carbocycles. The zero-order chi connectivity index (χ0) is 18.1. The number of likely N-dealkylation sites (tertiary alicyclic amines) is 1. The van der Waals surface area contributed by atoms with Crippen molar-refractivity contribution in [3.8, 4) is 0 Å². The number of sulfonamides is 1. The third-order valence-corrected chi connectivity index (χ3v) is 7.11. The van der Waals surface area contributed by atoms with Crippen LogP contribution in [0, 0.1) is 0 Å². The number of Topliss-reactive ketones (excluding diaryl/α,β-unsaturated/α-hetero) is 1. The van der Waals surface area contributed by atoms with Crippen molar-refractivity contribution in [2.24, 2.45) is 0 Å². The van der Waals surface area contributed by atoms with E-state index in [-0.39, 0.29) is 10.7 Å². The number of ether oxygens (including phenoxy) is 1. The van der Waals surface area contributed by atoms with Crippen molar-refractivity contribution in [1.29, 1.82) is 0 Å². The van der Waals surface area contributed by atoms with Crippen LogP contribution < -0.4 is 0 Å². The highest BCUT2D eigenvalue weighted by molar-refractivity contribution is 7.89. The number of hydrogen-bond donors (Lipinski definition) is 0. The molecular formula is C18H26N2O4S. The quantitative estimate of drug-likeness (QED) is 0.747. The molecule has 0 bridgehead atoms. The number of ketones is 1. The van der Waals surface area contributed by atoms with Gasteiger partial charge < -0.3 is 9.64 Å². The molecule has 0 N–H and O–H groups in total. The minimum atomic E-state index is -3.64. The van der Waals surface area contributed by atoms with Gasteiger partial charge in [0.05, 0.1) is 11.5 Å². The first kappa shape index (κ1) is 18.5. The zero-order valence-electron chi connectivity index (χ0n) is 14.9. The van der Waals surface area contributed by atoms with Crippen LogP contribution in [0.15, 0.2) is 29.2 Å². The van der Waals surface area contributed by atoms with E-state index in [9.17, 15) is 13.2 Å². The molecule has 2 saturated heterocycles. The Hall–Kier alpha value is -1.28. The molecule has 138 valence electrons. The van der Waals surface area contributed by atoms with Crippen LogP contribution in [-0.4, -0.2) is 61.9 Å². The average molecular weight is 366 g/mol. The van der Waals surface area contributed by atoms with Crippen molar-refractivity contribution in [3.63, 3.8) is 0 Å². The van der Waals surface area contributed by atoms with E-state index < -0.39 is 15.7 Å². The first-order valence-electron chi connectivity index (χ1n) is 8.89. The Balaban J connectivity index is 1.82. The summed E-state index contributed by atoms with van der Waals surface area (Å²) in [6.07, 6.45) is 2.48. The van der Waals surface area contributed by atoms with Crippen LogP contribution in [0.25, 0.3) is 0 Å². The Bertz CT molecular complexity index is 722. The van der Waals surface area contributed by atoms with Gasteiger partial charge >= 0.3 is 0 Å². The summed E-state index contributed by atoms with van der Waals surface area (Å²) >= 11 is 0. The van der Waals surface area contributed by atoms with Crippen molar-refractivity contribution in [3.05, 3.63) is 29.8 Å². The fourth-order valence-corrected chi connectivity index (χ4v) is 5.48. The molecule has 0 saturated carbocycles. The van der Waals surface area contributed by atoms with E-state index in [1.807, 2.05) is 0 Å². The highest BCUT2D eigenvalue weighted by atomic mass is 32.2. The van der Waals surface area contributed by atoms with Crippen LogP contribution in [0.2, 0.25) is 0 Å². The van der Waals surface area contributed by atoms with Crippen molar-refractivity contribution in [2.75, 3.05) is 32.8 Å². The molecule has 0 unspecified atom stereocenters. The third-order valence-electron chi connectivity index (χ3n) is 5.15. The summed E-state index contributed by atoms with van der Waals surface area (Å²) in [6.45, 7) is 7.17. The van der Waals surface area contributed by atoms with E-state index in [1.165, 1.54) is 23.4 Å². The van der Waals surface area contributed by atoms with Gasteiger partial charge in [-0.25, -0.2) is 8.42 Å². The first-order chi connectivity index (χ1) is 11.9. The summed E-state index contributed by atoms with van der Waals surface area (Å²) < 4.78 is 33.8. The molecule has 7 heteroatoms. The molecule has 0 atom stereocenters. The van der Waals surface area contributed by atoms with Crippen LogP contribution in [-0.2, 0) is 14.8 Å². The van der Waals surface area contributed by atoms with Gasteiger partial charge in [0.25, 0.3) is 0 Å². The maximum Gasteiger partial charge on any atom is 0.245 e. The summed E-state index contributed by atoms with van der Waals surface area (Å²) in [6, 6.07) is 6.18. The molecule has 1 aromatic rings. The van der Waals surface area contributed by atoms with Gasteiger partial charge in [-0.3, -0.25) is 4.79 Å². The second-order valence-electron chi connectivity index (χ2n) is 6.79. The highest BCUT2D eigenvalue weighted by Crippen LogP contribution is 2.38. The smallest absolute Gasteiger partial charge is 0.245 e. The van der Waals surface area contributed by atoms with E-state index in [2.05, 4.69) is 11.8 Å². The summed E-state index contributed by atoms with van der Waals surface area (Å²) in [5.41, 5.74) is -0.207. The molecule has 1 aromatic carbocycles. The monoisotopic (exact) mass is 366 g/mol. The Kier molecular flexibility index (Phi) is 5.29. The number of carbonyl (C=O) groups is 1. The summed E-state index contributed by atoms with van der Waals surface area (Å²) in [7, 11) is -3.64. The van der Waals surface area contributed by atoms with Gasteiger partial charge in [-0.05, 0) is 32.0 Å². The molecule has 2 aliphatic rings. The predicted octanol–water partition coefficient (Wildman–Crippen LogP) is 2.11. The van der Waals surface area contributed by atoms with E-state index >= 15 is 0 Å². The SMILES string of the molecule is CCCN1CCC2(CC1)OCCN2S(=O)(=O)c1ccc(C(C)=O)cc1. The Labute approximate surface area is 149 Å². The zero-order valence-corrected chi connectivity index (χ0v) is 15.7. The van der Waals surface area contributed by atoms with Crippen LogP contribution in [0.5, 0.6) is 0 Å². The van der Waals surface area contributed by atoms with E-state index in [1.54, 1.807) is 12.1 Å².